The highest BCUT2D eigenvalue weighted by atomic mass is 35.5. The maximum atomic E-state index is 12.3. The van der Waals surface area contributed by atoms with Crippen molar-refractivity contribution in [3.63, 3.8) is 0 Å². The Bertz CT molecular complexity index is 744. The summed E-state index contributed by atoms with van der Waals surface area (Å²) in [6.07, 6.45) is 0. The number of carbonyl (C=O) groups is 2. The first kappa shape index (κ1) is 14.9. The van der Waals surface area contributed by atoms with Crippen LogP contribution in [0.25, 0.3) is 0 Å². The Morgan fingerprint density at radius 3 is 2.91 bits per heavy atom. The van der Waals surface area contributed by atoms with Crippen LogP contribution in [0.4, 0.5) is 5.69 Å². The number of hydrogen-bond acceptors (Lipinski definition) is 4. The van der Waals surface area contributed by atoms with Crippen LogP contribution in [0.5, 0.6) is 5.75 Å². The number of carbonyl (C=O) groups excluding carboxylic acids is 2. The van der Waals surface area contributed by atoms with E-state index >= 15 is 0 Å². The fourth-order valence-electron chi connectivity index (χ4n) is 2.13. The molecule has 0 atom stereocenters. The van der Waals surface area contributed by atoms with Crippen molar-refractivity contribution in [3.8, 4) is 5.75 Å². The number of halogens is 1. The van der Waals surface area contributed by atoms with Gasteiger partial charge in [0.2, 0.25) is 0 Å². The molecule has 1 aliphatic heterocycles. The second-order valence-electron chi connectivity index (χ2n) is 4.84. The number of ether oxygens (including phenoxy) is 1. The topological polar surface area (TPSA) is 58.6 Å². The first-order valence-electron chi connectivity index (χ1n) is 6.63. The van der Waals surface area contributed by atoms with Crippen molar-refractivity contribution in [1.29, 1.82) is 0 Å². The number of benzene rings is 1. The number of fused-ring (bicyclic) bond motifs is 1. The van der Waals surface area contributed by atoms with Gasteiger partial charge in [-0.2, -0.15) is 0 Å². The Morgan fingerprint density at radius 2 is 2.18 bits per heavy atom. The first-order valence-corrected chi connectivity index (χ1v) is 7.83. The van der Waals surface area contributed by atoms with Gasteiger partial charge in [-0.3, -0.25) is 9.59 Å². The van der Waals surface area contributed by atoms with Gasteiger partial charge in [0.05, 0.1) is 21.3 Å². The van der Waals surface area contributed by atoms with Crippen LogP contribution in [-0.4, -0.2) is 36.9 Å². The molecule has 0 aliphatic carbocycles. The summed E-state index contributed by atoms with van der Waals surface area (Å²) in [5, 5.41) is 2.76. The number of rotatable bonds is 2. The van der Waals surface area contributed by atoms with E-state index < -0.39 is 0 Å². The van der Waals surface area contributed by atoms with Crippen molar-refractivity contribution in [2.24, 2.45) is 0 Å². The predicted molar refractivity (Wildman–Crippen MR) is 86.2 cm³/mol. The van der Waals surface area contributed by atoms with E-state index in [-0.39, 0.29) is 11.8 Å². The molecule has 0 fully saturated rings. The van der Waals surface area contributed by atoms with Crippen LogP contribution in [0.3, 0.4) is 0 Å². The van der Waals surface area contributed by atoms with E-state index in [1.165, 1.54) is 11.3 Å². The first-order chi connectivity index (χ1) is 10.5. The Balaban J connectivity index is 1.85. The molecule has 0 saturated carbocycles. The van der Waals surface area contributed by atoms with Gasteiger partial charge in [0.15, 0.2) is 0 Å². The molecule has 0 unspecified atom stereocenters. The lowest BCUT2D eigenvalue weighted by Gasteiger charge is -2.13. The van der Waals surface area contributed by atoms with E-state index in [4.69, 9.17) is 16.3 Å². The Morgan fingerprint density at radius 1 is 1.36 bits per heavy atom. The fraction of sp³-hybridized carbons (Fsp3) is 0.200. The van der Waals surface area contributed by atoms with Gasteiger partial charge >= 0.3 is 0 Å². The molecular weight excluding hydrogens is 324 g/mol. The average molecular weight is 337 g/mol. The summed E-state index contributed by atoms with van der Waals surface area (Å²) in [5.41, 5.74) is 0.988. The van der Waals surface area contributed by atoms with Gasteiger partial charge in [-0.05, 0) is 30.3 Å². The van der Waals surface area contributed by atoms with Gasteiger partial charge in [0, 0.05) is 12.7 Å². The number of amides is 2. The van der Waals surface area contributed by atoms with Crippen molar-refractivity contribution in [3.05, 3.63) is 45.1 Å². The summed E-state index contributed by atoms with van der Waals surface area (Å²) in [5.74, 6) is 0.154. The number of nitrogens with one attached hydrogen (secondary N) is 1. The molecule has 0 bridgehead atoms. The van der Waals surface area contributed by atoms with E-state index in [2.05, 4.69) is 5.32 Å². The predicted octanol–water partition coefficient (Wildman–Crippen LogP) is 3.12. The molecule has 2 amide bonds. The second kappa shape index (κ2) is 5.98. The third-order valence-electron chi connectivity index (χ3n) is 3.30. The van der Waals surface area contributed by atoms with Crippen molar-refractivity contribution in [2.75, 3.05) is 25.5 Å². The molecule has 5 nitrogen and oxygen atoms in total. The van der Waals surface area contributed by atoms with Crippen molar-refractivity contribution < 1.29 is 14.3 Å². The van der Waals surface area contributed by atoms with E-state index in [0.717, 1.165) is 0 Å². The maximum Gasteiger partial charge on any atom is 0.265 e. The molecule has 3 rings (SSSR count). The minimum atomic E-state index is -0.257. The maximum absolute atomic E-state index is 12.3. The zero-order valence-electron chi connectivity index (χ0n) is 11.8. The molecule has 2 aromatic rings. The lowest BCUT2D eigenvalue weighted by atomic mass is 10.1. The summed E-state index contributed by atoms with van der Waals surface area (Å²) in [6, 6.07) is 8.37. The third kappa shape index (κ3) is 2.93. The van der Waals surface area contributed by atoms with Crippen LogP contribution in [0.15, 0.2) is 30.3 Å². The van der Waals surface area contributed by atoms with Crippen LogP contribution in [-0.2, 0) is 0 Å². The summed E-state index contributed by atoms with van der Waals surface area (Å²) < 4.78 is 6.10. The minimum absolute atomic E-state index is 0.122. The number of thiophene rings is 1. The van der Waals surface area contributed by atoms with E-state index in [9.17, 15) is 9.59 Å². The van der Waals surface area contributed by atoms with Gasteiger partial charge in [0.1, 0.15) is 12.4 Å². The molecule has 22 heavy (non-hydrogen) atoms. The molecular formula is C15H13ClN2O3S. The molecule has 0 saturated heterocycles. The highest BCUT2D eigenvalue weighted by Crippen LogP contribution is 2.27. The Hall–Kier alpha value is -2.05. The Labute approximate surface area is 136 Å². The van der Waals surface area contributed by atoms with E-state index in [1.54, 1.807) is 42.3 Å². The zero-order chi connectivity index (χ0) is 15.7. The summed E-state index contributed by atoms with van der Waals surface area (Å²) in [4.78, 5) is 26.5. The third-order valence-corrected chi connectivity index (χ3v) is 4.53. The summed E-state index contributed by atoms with van der Waals surface area (Å²) >= 11 is 7.03. The van der Waals surface area contributed by atoms with Gasteiger partial charge in [-0.15, -0.1) is 11.3 Å². The largest absolute Gasteiger partial charge is 0.491 e. The second-order valence-corrected chi connectivity index (χ2v) is 6.56. The van der Waals surface area contributed by atoms with Crippen LogP contribution < -0.4 is 10.1 Å². The lowest BCUT2D eigenvalue weighted by molar-refractivity contribution is 0.0796. The monoisotopic (exact) mass is 336 g/mol. The Kier molecular flexibility index (Phi) is 4.04. The van der Waals surface area contributed by atoms with Crippen LogP contribution >= 0.6 is 22.9 Å². The molecule has 0 radical (unpaired) electrons. The number of nitrogens with zero attached hydrogens (tertiary/aromatic N) is 1. The van der Waals surface area contributed by atoms with Gasteiger partial charge in [0.25, 0.3) is 11.8 Å². The number of hydrogen-bond donors (Lipinski definition) is 1. The van der Waals surface area contributed by atoms with Crippen LogP contribution in [0.2, 0.25) is 4.34 Å². The molecule has 114 valence electrons. The van der Waals surface area contributed by atoms with Crippen molar-refractivity contribution in [1.82, 2.24) is 4.90 Å². The van der Waals surface area contributed by atoms with Crippen LogP contribution in [0, 0.1) is 0 Å². The molecule has 1 aliphatic rings. The van der Waals surface area contributed by atoms with E-state index in [0.29, 0.717) is 39.4 Å². The van der Waals surface area contributed by atoms with Crippen molar-refractivity contribution in [2.45, 2.75) is 0 Å². The fourth-order valence-corrected chi connectivity index (χ4v) is 3.07. The molecule has 1 aromatic carbocycles. The zero-order valence-corrected chi connectivity index (χ0v) is 13.3. The number of likely N-dealkylation sites (N-methyl/N-ethyl adjacent to an activating group) is 1. The minimum Gasteiger partial charge on any atom is -0.491 e. The summed E-state index contributed by atoms with van der Waals surface area (Å²) in [6.45, 7) is 0.984. The van der Waals surface area contributed by atoms with Gasteiger partial charge in [-0.1, -0.05) is 11.6 Å². The SMILES string of the molecule is CN1CCOc2ccc(NC(=O)c3ccc(Cl)s3)cc2C1=O. The molecule has 0 spiro atoms. The van der Waals surface area contributed by atoms with E-state index in [1.807, 2.05) is 0 Å². The quantitative estimate of drug-likeness (QED) is 0.916. The molecule has 1 aromatic heterocycles. The molecule has 2 heterocycles. The highest BCUT2D eigenvalue weighted by molar-refractivity contribution is 7.18. The lowest BCUT2D eigenvalue weighted by Crippen LogP contribution is -2.27. The highest BCUT2D eigenvalue weighted by Gasteiger charge is 2.21. The van der Waals surface area contributed by atoms with Gasteiger partial charge in [-0.25, -0.2) is 0 Å². The van der Waals surface area contributed by atoms with Crippen molar-refractivity contribution >= 4 is 40.4 Å². The average Bonchev–Trinajstić information content (AvgIpc) is 2.88. The van der Waals surface area contributed by atoms with Crippen LogP contribution in [0.1, 0.15) is 20.0 Å². The molecule has 1 N–H and O–H groups in total. The summed E-state index contributed by atoms with van der Waals surface area (Å²) in [7, 11) is 1.72. The normalized spacial score (nSPS) is 14.1. The number of anilines is 1. The standard InChI is InChI=1S/C15H13ClN2O3S/c1-18-6-7-21-11-3-2-9(8-10(11)15(18)20)17-14(19)12-4-5-13(16)22-12/h2-5,8H,6-7H2,1H3,(H,17,19). The molecule has 7 heteroatoms. The van der Waals surface area contributed by atoms with Gasteiger partial charge < -0.3 is 15.0 Å². The smallest absolute Gasteiger partial charge is 0.265 e.